The molecule has 0 fully saturated rings. The number of benzene rings is 1. The second-order valence-electron chi connectivity index (χ2n) is 6.06. The Labute approximate surface area is 151 Å². The van der Waals surface area contributed by atoms with Gasteiger partial charge in [0, 0.05) is 36.3 Å². The summed E-state index contributed by atoms with van der Waals surface area (Å²) < 4.78 is 7.04. The minimum atomic E-state index is -0.0993. The van der Waals surface area contributed by atoms with E-state index in [1.807, 2.05) is 30.6 Å². The average molecular weight is 351 g/mol. The predicted octanol–water partition coefficient (Wildman–Crippen LogP) is 3.25. The highest BCUT2D eigenvalue weighted by molar-refractivity contribution is 5.95. The molecular weight excluding hydrogens is 330 g/mol. The number of H-pyrrole nitrogens is 1. The number of aromatic amines is 1. The number of nitrogens with one attached hydrogen (secondary N) is 2. The summed E-state index contributed by atoms with van der Waals surface area (Å²) in [5, 5.41) is 16.6. The standard InChI is InChI=1S/C19H21N5O2/c1-26-16-5-6-18-17(10-16)14(11-21-18)9-19(25)23-15-12-22-24(13-15)8-4-2-3-7-20/h5-6,10-13,21H,2-4,8-9H2,1H3,(H,23,25). The Morgan fingerprint density at radius 2 is 2.31 bits per heavy atom. The van der Waals surface area contributed by atoms with Crippen LogP contribution in [-0.4, -0.2) is 27.8 Å². The monoisotopic (exact) mass is 351 g/mol. The predicted molar refractivity (Wildman–Crippen MR) is 98.9 cm³/mol. The highest BCUT2D eigenvalue weighted by Crippen LogP contribution is 2.24. The maximum Gasteiger partial charge on any atom is 0.228 e. The number of amides is 1. The van der Waals surface area contributed by atoms with Gasteiger partial charge in [-0.25, -0.2) is 0 Å². The van der Waals surface area contributed by atoms with Crippen LogP contribution in [0.25, 0.3) is 10.9 Å². The van der Waals surface area contributed by atoms with Crippen molar-refractivity contribution in [2.24, 2.45) is 0 Å². The van der Waals surface area contributed by atoms with Gasteiger partial charge in [0.15, 0.2) is 0 Å². The van der Waals surface area contributed by atoms with Crippen molar-refractivity contribution in [2.45, 2.75) is 32.2 Å². The molecule has 26 heavy (non-hydrogen) atoms. The molecule has 2 heterocycles. The molecule has 1 aromatic carbocycles. The number of ether oxygens (including phenoxy) is 1. The van der Waals surface area contributed by atoms with Crippen molar-refractivity contribution in [3.63, 3.8) is 0 Å². The summed E-state index contributed by atoms with van der Waals surface area (Å²) in [6.45, 7) is 0.736. The van der Waals surface area contributed by atoms with Crippen LogP contribution < -0.4 is 10.1 Å². The fourth-order valence-corrected chi connectivity index (χ4v) is 2.84. The number of carbonyl (C=O) groups is 1. The summed E-state index contributed by atoms with van der Waals surface area (Å²) in [7, 11) is 1.62. The van der Waals surface area contributed by atoms with Crippen LogP contribution in [0.15, 0.2) is 36.8 Å². The normalized spacial score (nSPS) is 10.6. The zero-order chi connectivity index (χ0) is 18.4. The van der Waals surface area contributed by atoms with Crippen LogP contribution in [0.4, 0.5) is 5.69 Å². The highest BCUT2D eigenvalue weighted by Gasteiger charge is 2.11. The van der Waals surface area contributed by atoms with Gasteiger partial charge in [0.25, 0.3) is 0 Å². The molecule has 0 saturated carbocycles. The van der Waals surface area contributed by atoms with E-state index in [0.717, 1.165) is 41.6 Å². The summed E-state index contributed by atoms with van der Waals surface area (Å²) in [5.74, 6) is 0.661. The van der Waals surface area contributed by atoms with Crippen molar-refractivity contribution in [2.75, 3.05) is 12.4 Å². The van der Waals surface area contributed by atoms with Crippen LogP contribution in [0.5, 0.6) is 5.75 Å². The van der Waals surface area contributed by atoms with Crippen molar-refractivity contribution >= 4 is 22.5 Å². The number of carbonyl (C=O) groups excluding carboxylic acids is 1. The first-order valence-electron chi connectivity index (χ1n) is 8.53. The van der Waals surface area contributed by atoms with Crippen molar-refractivity contribution in [1.82, 2.24) is 14.8 Å². The molecule has 3 rings (SSSR count). The van der Waals surface area contributed by atoms with Crippen molar-refractivity contribution in [1.29, 1.82) is 5.26 Å². The van der Waals surface area contributed by atoms with E-state index >= 15 is 0 Å². The van der Waals surface area contributed by atoms with Crippen LogP contribution >= 0.6 is 0 Å². The van der Waals surface area contributed by atoms with E-state index in [1.165, 1.54) is 0 Å². The number of hydrogen-bond acceptors (Lipinski definition) is 4. The van der Waals surface area contributed by atoms with Gasteiger partial charge in [-0.1, -0.05) is 0 Å². The first-order chi connectivity index (χ1) is 12.7. The van der Waals surface area contributed by atoms with Gasteiger partial charge in [0.1, 0.15) is 5.75 Å². The number of unbranched alkanes of at least 4 members (excludes halogenated alkanes) is 2. The van der Waals surface area contributed by atoms with Gasteiger partial charge < -0.3 is 15.0 Å². The largest absolute Gasteiger partial charge is 0.497 e. The molecule has 0 radical (unpaired) electrons. The number of anilines is 1. The number of rotatable bonds is 8. The number of aromatic nitrogens is 3. The third-order valence-electron chi connectivity index (χ3n) is 4.17. The Balaban J connectivity index is 1.59. The SMILES string of the molecule is COc1ccc2[nH]cc(CC(=O)Nc3cnn(CCCCC#N)c3)c2c1. The van der Waals surface area contributed by atoms with Crippen LogP contribution in [0, 0.1) is 11.3 Å². The maximum absolute atomic E-state index is 12.4. The molecule has 0 bridgehead atoms. The molecular formula is C19H21N5O2. The summed E-state index contributed by atoms with van der Waals surface area (Å²) >= 11 is 0. The Morgan fingerprint density at radius 3 is 3.12 bits per heavy atom. The smallest absolute Gasteiger partial charge is 0.228 e. The van der Waals surface area contributed by atoms with Gasteiger partial charge >= 0.3 is 0 Å². The molecule has 2 N–H and O–H groups in total. The molecule has 1 amide bonds. The van der Waals surface area contributed by atoms with Gasteiger partial charge in [-0.2, -0.15) is 10.4 Å². The molecule has 0 unspecified atom stereocenters. The minimum absolute atomic E-state index is 0.0993. The number of fused-ring (bicyclic) bond motifs is 1. The molecule has 3 aromatic rings. The fourth-order valence-electron chi connectivity index (χ4n) is 2.84. The van der Waals surface area contributed by atoms with E-state index in [1.54, 1.807) is 18.0 Å². The van der Waals surface area contributed by atoms with Crippen LogP contribution in [0.2, 0.25) is 0 Å². The lowest BCUT2D eigenvalue weighted by Crippen LogP contribution is -2.13. The van der Waals surface area contributed by atoms with Gasteiger partial charge in [-0.3, -0.25) is 9.48 Å². The number of nitriles is 1. The fraction of sp³-hybridized carbons (Fsp3) is 0.316. The molecule has 0 saturated heterocycles. The van der Waals surface area contributed by atoms with Crippen molar-refractivity contribution < 1.29 is 9.53 Å². The lowest BCUT2D eigenvalue weighted by atomic mass is 10.1. The van der Waals surface area contributed by atoms with E-state index < -0.39 is 0 Å². The lowest BCUT2D eigenvalue weighted by molar-refractivity contribution is -0.115. The Kier molecular flexibility index (Phi) is 5.54. The summed E-state index contributed by atoms with van der Waals surface area (Å²) in [6.07, 6.45) is 7.86. The van der Waals surface area contributed by atoms with Crippen LogP contribution in [-0.2, 0) is 17.8 Å². The first-order valence-corrected chi connectivity index (χ1v) is 8.53. The summed E-state index contributed by atoms with van der Waals surface area (Å²) in [4.78, 5) is 15.5. The molecule has 0 aliphatic carbocycles. The molecule has 0 aliphatic heterocycles. The van der Waals surface area contributed by atoms with E-state index in [-0.39, 0.29) is 12.3 Å². The molecule has 0 spiro atoms. The van der Waals surface area contributed by atoms with E-state index in [0.29, 0.717) is 12.1 Å². The van der Waals surface area contributed by atoms with Gasteiger partial charge in [-0.15, -0.1) is 0 Å². The first kappa shape index (κ1) is 17.5. The molecule has 7 nitrogen and oxygen atoms in total. The van der Waals surface area contributed by atoms with E-state index in [4.69, 9.17) is 10.00 Å². The molecule has 0 aliphatic rings. The van der Waals surface area contributed by atoms with Crippen LogP contribution in [0.1, 0.15) is 24.8 Å². The zero-order valence-corrected chi connectivity index (χ0v) is 14.7. The third-order valence-corrected chi connectivity index (χ3v) is 4.17. The van der Waals surface area contributed by atoms with Crippen molar-refractivity contribution in [3.05, 3.63) is 42.4 Å². The molecule has 7 heteroatoms. The quantitative estimate of drug-likeness (QED) is 0.609. The van der Waals surface area contributed by atoms with Gasteiger partial charge in [0.2, 0.25) is 5.91 Å². The lowest BCUT2D eigenvalue weighted by Gasteiger charge is -2.03. The Hall–Kier alpha value is -3.27. The Morgan fingerprint density at radius 1 is 1.42 bits per heavy atom. The van der Waals surface area contributed by atoms with Crippen LogP contribution in [0.3, 0.4) is 0 Å². The zero-order valence-electron chi connectivity index (χ0n) is 14.7. The number of methoxy groups -OCH3 is 1. The molecule has 2 aromatic heterocycles. The number of aryl methyl sites for hydroxylation is 1. The summed E-state index contributed by atoms with van der Waals surface area (Å²) in [6, 6.07) is 7.87. The topological polar surface area (TPSA) is 95.7 Å². The highest BCUT2D eigenvalue weighted by atomic mass is 16.5. The number of hydrogen-bond donors (Lipinski definition) is 2. The van der Waals surface area contributed by atoms with E-state index in [9.17, 15) is 4.79 Å². The van der Waals surface area contributed by atoms with E-state index in [2.05, 4.69) is 21.5 Å². The molecule has 134 valence electrons. The van der Waals surface area contributed by atoms with Crippen molar-refractivity contribution in [3.8, 4) is 11.8 Å². The maximum atomic E-state index is 12.4. The molecule has 0 atom stereocenters. The number of nitrogens with zero attached hydrogens (tertiary/aromatic N) is 3. The second kappa shape index (κ2) is 8.21. The second-order valence-corrected chi connectivity index (χ2v) is 6.06. The Bertz CT molecular complexity index is 935. The average Bonchev–Trinajstić information content (AvgIpc) is 3.25. The third kappa shape index (κ3) is 4.22. The summed E-state index contributed by atoms with van der Waals surface area (Å²) in [5.41, 5.74) is 2.56. The van der Waals surface area contributed by atoms with Gasteiger partial charge in [-0.05, 0) is 36.6 Å². The van der Waals surface area contributed by atoms with Gasteiger partial charge in [0.05, 0.1) is 31.5 Å². The minimum Gasteiger partial charge on any atom is -0.497 e.